The number of anilines is 2. The third kappa shape index (κ3) is 2.66. The number of carboxylic acid groups (broad SMARTS) is 1. The quantitative estimate of drug-likeness (QED) is 0.739. The van der Waals surface area contributed by atoms with Gasteiger partial charge in [-0.05, 0) is 30.9 Å². The van der Waals surface area contributed by atoms with Gasteiger partial charge >= 0.3 is 5.97 Å². The Morgan fingerprint density at radius 2 is 2.12 bits per heavy atom. The molecular weight excluding hydrogens is 204 g/mol. The van der Waals surface area contributed by atoms with Gasteiger partial charge in [0.1, 0.15) is 6.54 Å². The monoisotopic (exact) mass is 220 g/mol. The number of aliphatic carboxylic acids is 1. The molecule has 0 spiro atoms. The second-order valence-corrected chi connectivity index (χ2v) is 4.28. The zero-order valence-electron chi connectivity index (χ0n) is 9.10. The maximum Gasteiger partial charge on any atom is 0.323 e. The minimum atomic E-state index is -0.816. The number of carbonyl (C=O) groups is 1. The van der Waals surface area contributed by atoms with Crippen LogP contribution in [0, 0.1) is 5.92 Å². The van der Waals surface area contributed by atoms with Crippen LogP contribution in [0.25, 0.3) is 0 Å². The van der Waals surface area contributed by atoms with Crippen LogP contribution in [-0.4, -0.2) is 24.2 Å². The fourth-order valence-electron chi connectivity index (χ4n) is 1.80. The number of hydrogen-bond donors (Lipinski definition) is 2. The van der Waals surface area contributed by atoms with Gasteiger partial charge in [-0.2, -0.15) is 0 Å². The summed E-state index contributed by atoms with van der Waals surface area (Å²) < 4.78 is 0. The van der Waals surface area contributed by atoms with Crippen LogP contribution in [0.3, 0.4) is 0 Å². The third-order valence-corrected chi connectivity index (χ3v) is 2.78. The first-order valence-electron chi connectivity index (χ1n) is 5.48. The molecule has 0 amide bonds. The number of hydrogen-bond acceptors (Lipinski definition) is 3. The Hall–Kier alpha value is -1.71. The van der Waals surface area contributed by atoms with Crippen molar-refractivity contribution in [2.75, 3.05) is 23.7 Å². The highest BCUT2D eigenvalue weighted by atomic mass is 16.4. The molecular formula is C12H16N2O2. The van der Waals surface area contributed by atoms with Crippen molar-refractivity contribution in [1.29, 1.82) is 0 Å². The van der Waals surface area contributed by atoms with Crippen molar-refractivity contribution in [3.8, 4) is 0 Å². The van der Waals surface area contributed by atoms with Gasteiger partial charge in [-0.3, -0.25) is 4.79 Å². The summed E-state index contributed by atoms with van der Waals surface area (Å²) in [5, 5.41) is 8.89. The molecule has 1 aliphatic rings. The van der Waals surface area contributed by atoms with Gasteiger partial charge in [0.15, 0.2) is 0 Å². The SMILES string of the molecule is Nc1ccccc1N(CC(=O)O)CC1CC1. The zero-order valence-corrected chi connectivity index (χ0v) is 9.10. The highest BCUT2D eigenvalue weighted by Crippen LogP contribution is 2.32. The summed E-state index contributed by atoms with van der Waals surface area (Å²) in [5.41, 5.74) is 7.33. The number of carboxylic acids is 1. The molecule has 1 aliphatic carbocycles. The van der Waals surface area contributed by atoms with Crippen LogP contribution in [-0.2, 0) is 4.79 Å². The van der Waals surface area contributed by atoms with Gasteiger partial charge in [-0.15, -0.1) is 0 Å². The summed E-state index contributed by atoms with van der Waals surface area (Å²) in [6, 6.07) is 7.42. The van der Waals surface area contributed by atoms with Crippen LogP contribution in [0.15, 0.2) is 24.3 Å². The van der Waals surface area contributed by atoms with Crippen molar-refractivity contribution in [3.63, 3.8) is 0 Å². The van der Waals surface area contributed by atoms with Gasteiger partial charge < -0.3 is 15.7 Å². The van der Waals surface area contributed by atoms with Crippen LogP contribution in [0.1, 0.15) is 12.8 Å². The average molecular weight is 220 g/mol. The molecule has 2 rings (SSSR count). The van der Waals surface area contributed by atoms with E-state index in [1.807, 2.05) is 23.1 Å². The van der Waals surface area contributed by atoms with Crippen molar-refractivity contribution in [1.82, 2.24) is 0 Å². The summed E-state index contributed by atoms with van der Waals surface area (Å²) in [4.78, 5) is 12.7. The van der Waals surface area contributed by atoms with Crippen molar-refractivity contribution < 1.29 is 9.90 Å². The van der Waals surface area contributed by atoms with Gasteiger partial charge in [0.05, 0.1) is 11.4 Å². The summed E-state index contributed by atoms with van der Waals surface area (Å²) in [6.45, 7) is 0.811. The van der Waals surface area contributed by atoms with E-state index in [0.29, 0.717) is 11.6 Å². The summed E-state index contributed by atoms with van der Waals surface area (Å²) in [7, 11) is 0. The topological polar surface area (TPSA) is 66.6 Å². The molecule has 86 valence electrons. The van der Waals surface area contributed by atoms with E-state index in [9.17, 15) is 4.79 Å². The highest BCUT2D eigenvalue weighted by molar-refractivity contribution is 5.77. The third-order valence-electron chi connectivity index (χ3n) is 2.78. The lowest BCUT2D eigenvalue weighted by Crippen LogP contribution is -2.32. The number of nitrogens with two attached hydrogens (primary N) is 1. The molecule has 3 N–H and O–H groups in total. The Balaban J connectivity index is 2.15. The minimum absolute atomic E-state index is 0.0186. The van der Waals surface area contributed by atoms with Crippen LogP contribution < -0.4 is 10.6 Å². The molecule has 0 radical (unpaired) electrons. The number of nitrogen functional groups attached to an aromatic ring is 1. The molecule has 0 aromatic heterocycles. The van der Waals surface area contributed by atoms with Crippen molar-refractivity contribution in [2.45, 2.75) is 12.8 Å². The first kappa shape index (κ1) is 10.8. The van der Waals surface area contributed by atoms with Gasteiger partial charge in [-0.25, -0.2) is 0 Å². The van der Waals surface area contributed by atoms with E-state index in [-0.39, 0.29) is 6.54 Å². The van der Waals surface area contributed by atoms with E-state index >= 15 is 0 Å². The number of rotatable bonds is 5. The molecule has 1 fully saturated rings. The summed E-state index contributed by atoms with van der Waals surface area (Å²) >= 11 is 0. The van der Waals surface area contributed by atoms with Crippen LogP contribution in [0.5, 0.6) is 0 Å². The fraction of sp³-hybridized carbons (Fsp3) is 0.417. The largest absolute Gasteiger partial charge is 0.480 e. The highest BCUT2D eigenvalue weighted by Gasteiger charge is 2.26. The Bertz CT molecular complexity index is 388. The van der Waals surface area contributed by atoms with Crippen LogP contribution in [0.2, 0.25) is 0 Å². The maximum atomic E-state index is 10.8. The van der Waals surface area contributed by atoms with E-state index in [1.54, 1.807) is 6.07 Å². The number of benzene rings is 1. The molecule has 0 saturated heterocycles. The van der Waals surface area contributed by atoms with Crippen LogP contribution >= 0.6 is 0 Å². The lowest BCUT2D eigenvalue weighted by atomic mass is 10.2. The standard InChI is InChI=1S/C12H16N2O2/c13-10-3-1-2-4-11(10)14(8-12(15)16)7-9-5-6-9/h1-4,9H,5-8,13H2,(H,15,16). The normalized spacial score (nSPS) is 14.8. The Labute approximate surface area is 94.7 Å². The molecule has 0 unspecified atom stereocenters. The van der Waals surface area contributed by atoms with Gasteiger partial charge in [0.2, 0.25) is 0 Å². The smallest absolute Gasteiger partial charge is 0.323 e. The fourth-order valence-corrected chi connectivity index (χ4v) is 1.80. The van der Waals surface area contributed by atoms with Crippen molar-refractivity contribution >= 4 is 17.3 Å². The van der Waals surface area contributed by atoms with E-state index in [4.69, 9.17) is 10.8 Å². The molecule has 0 bridgehead atoms. The second-order valence-electron chi connectivity index (χ2n) is 4.28. The Morgan fingerprint density at radius 1 is 1.44 bits per heavy atom. The molecule has 16 heavy (non-hydrogen) atoms. The molecule has 1 aromatic rings. The minimum Gasteiger partial charge on any atom is -0.480 e. The summed E-state index contributed by atoms with van der Waals surface area (Å²) in [5.74, 6) is -0.178. The Kier molecular flexibility index (Phi) is 2.99. The molecule has 0 heterocycles. The molecule has 1 saturated carbocycles. The van der Waals surface area contributed by atoms with E-state index in [2.05, 4.69) is 0 Å². The first-order valence-corrected chi connectivity index (χ1v) is 5.48. The molecule has 4 heteroatoms. The number of nitrogens with zero attached hydrogens (tertiary/aromatic N) is 1. The first-order chi connectivity index (χ1) is 7.66. The lowest BCUT2D eigenvalue weighted by molar-refractivity contribution is -0.135. The average Bonchev–Trinajstić information content (AvgIpc) is 3.01. The summed E-state index contributed by atoms with van der Waals surface area (Å²) in [6.07, 6.45) is 2.39. The predicted octanol–water partition coefficient (Wildman–Crippen LogP) is 1.57. The lowest BCUT2D eigenvalue weighted by Gasteiger charge is -2.24. The number of para-hydroxylation sites is 2. The van der Waals surface area contributed by atoms with Crippen LogP contribution in [0.4, 0.5) is 11.4 Å². The zero-order chi connectivity index (χ0) is 11.5. The van der Waals surface area contributed by atoms with E-state index in [1.165, 1.54) is 12.8 Å². The van der Waals surface area contributed by atoms with Gasteiger partial charge in [0.25, 0.3) is 0 Å². The van der Waals surface area contributed by atoms with E-state index in [0.717, 1.165) is 12.2 Å². The van der Waals surface area contributed by atoms with Gasteiger partial charge in [0, 0.05) is 6.54 Å². The maximum absolute atomic E-state index is 10.8. The molecule has 4 nitrogen and oxygen atoms in total. The molecule has 0 atom stereocenters. The molecule has 1 aromatic carbocycles. The van der Waals surface area contributed by atoms with Gasteiger partial charge in [-0.1, -0.05) is 12.1 Å². The predicted molar refractivity (Wildman–Crippen MR) is 63.4 cm³/mol. The van der Waals surface area contributed by atoms with Crippen molar-refractivity contribution in [2.24, 2.45) is 5.92 Å². The Morgan fingerprint density at radius 3 is 2.69 bits per heavy atom. The molecule has 0 aliphatic heterocycles. The van der Waals surface area contributed by atoms with Crippen molar-refractivity contribution in [3.05, 3.63) is 24.3 Å². The second kappa shape index (κ2) is 4.43. The van der Waals surface area contributed by atoms with E-state index < -0.39 is 5.97 Å².